The molecular weight excluding hydrogens is 467 g/mol. The quantitative estimate of drug-likeness (QED) is 0.678. The van der Waals surface area contributed by atoms with Crippen LogP contribution < -0.4 is 5.32 Å². The fourth-order valence-electron chi connectivity index (χ4n) is 5.77. The second-order valence-electron chi connectivity index (χ2n) is 9.94. The minimum atomic E-state index is -4.78. The number of hydrogen-bond donors (Lipinski definition) is 1. The van der Waals surface area contributed by atoms with Gasteiger partial charge in [0.05, 0.1) is 38.0 Å². The van der Waals surface area contributed by atoms with Crippen molar-refractivity contribution in [1.82, 2.24) is 15.1 Å². The Morgan fingerprint density at radius 2 is 2.03 bits per heavy atom. The lowest BCUT2D eigenvalue weighted by Gasteiger charge is -2.43. The van der Waals surface area contributed by atoms with E-state index >= 15 is 0 Å². The van der Waals surface area contributed by atoms with E-state index in [1.807, 2.05) is 6.20 Å². The maximum Gasteiger partial charge on any atom is 0.420 e. The third-order valence-corrected chi connectivity index (χ3v) is 7.64. The van der Waals surface area contributed by atoms with Gasteiger partial charge >= 0.3 is 6.18 Å². The van der Waals surface area contributed by atoms with Crippen molar-refractivity contribution in [2.75, 3.05) is 33.0 Å². The summed E-state index contributed by atoms with van der Waals surface area (Å²) in [6.07, 6.45) is 1.30. The number of nitrogens with one attached hydrogen (secondary N) is 1. The second-order valence-corrected chi connectivity index (χ2v) is 9.94. The summed E-state index contributed by atoms with van der Waals surface area (Å²) in [6.45, 7) is 2.54. The van der Waals surface area contributed by atoms with E-state index in [-0.39, 0.29) is 42.6 Å². The van der Waals surface area contributed by atoms with Gasteiger partial charge in [0.1, 0.15) is 23.1 Å². The van der Waals surface area contributed by atoms with Gasteiger partial charge in [-0.1, -0.05) is 6.42 Å². The van der Waals surface area contributed by atoms with Crippen LogP contribution in [0.25, 0.3) is 11.3 Å². The Hall–Kier alpha value is -2.37. The number of amides is 1. The Kier molecular flexibility index (Phi) is 5.69. The van der Waals surface area contributed by atoms with Crippen molar-refractivity contribution in [1.29, 1.82) is 0 Å². The minimum Gasteiger partial charge on any atom is -0.454 e. The van der Waals surface area contributed by atoms with E-state index in [1.165, 1.54) is 0 Å². The van der Waals surface area contributed by atoms with E-state index in [0.29, 0.717) is 39.4 Å². The van der Waals surface area contributed by atoms with Gasteiger partial charge in [-0.2, -0.15) is 18.3 Å². The Morgan fingerprint density at radius 1 is 1.20 bits per heavy atom. The molecule has 192 valence electrons. The summed E-state index contributed by atoms with van der Waals surface area (Å²) >= 11 is 0. The molecule has 8 nitrogen and oxygen atoms in total. The van der Waals surface area contributed by atoms with Crippen molar-refractivity contribution < 1.29 is 38.0 Å². The normalized spacial score (nSPS) is 25.2. The van der Waals surface area contributed by atoms with Gasteiger partial charge in [-0.25, -0.2) is 0 Å². The van der Waals surface area contributed by atoms with Crippen LogP contribution in [-0.2, 0) is 38.8 Å². The monoisotopic (exact) mass is 497 g/mol. The van der Waals surface area contributed by atoms with Crippen molar-refractivity contribution in [3.63, 3.8) is 0 Å². The molecule has 4 heterocycles. The first-order valence-electron chi connectivity index (χ1n) is 12.2. The van der Waals surface area contributed by atoms with E-state index < -0.39 is 23.4 Å². The summed E-state index contributed by atoms with van der Waals surface area (Å²) in [4.78, 5) is 12.9. The summed E-state index contributed by atoms with van der Waals surface area (Å²) in [6, 6.07) is 0. The number of ether oxygens (including phenoxy) is 3. The Balaban J connectivity index is 0.00000267. The number of rotatable bonds is 5. The molecule has 11 heteroatoms. The van der Waals surface area contributed by atoms with Gasteiger partial charge in [-0.05, 0) is 25.7 Å². The van der Waals surface area contributed by atoms with Crippen molar-refractivity contribution >= 4 is 5.91 Å². The SMILES string of the molecule is O=C(NC[C@@H]1CCCO1)c1oc2c(c1C(F)(F)F)-c1nn(C[C@H]3COCCO3)cc1C1(CCC1)C2.[HH]. The molecule has 1 amide bonds. The fourth-order valence-corrected chi connectivity index (χ4v) is 5.77. The third kappa shape index (κ3) is 4.07. The zero-order valence-corrected chi connectivity index (χ0v) is 19.3. The highest BCUT2D eigenvalue weighted by molar-refractivity contribution is 5.96. The second kappa shape index (κ2) is 8.63. The topological polar surface area (TPSA) is 87.8 Å². The lowest BCUT2D eigenvalue weighted by Crippen LogP contribution is -2.38. The molecule has 0 aromatic carbocycles. The van der Waals surface area contributed by atoms with Crippen molar-refractivity contribution in [3.05, 3.63) is 28.8 Å². The maximum atomic E-state index is 14.4. The van der Waals surface area contributed by atoms with Gasteiger partial charge in [0.15, 0.2) is 0 Å². The van der Waals surface area contributed by atoms with E-state index in [1.54, 1.807) is 4.68 Å². The third-order valence-electron chi connectivity index (χ3n) is 7.64. The molecule has 2 saturated heterocycles. The first-order chi connectivity index (χ1) is 16.8. The van der Waals surface area contributed by atoms with Crippen LogP contribution in [0.5, 0.6) is 0 Å². The van der Waals surface area contributed by atoms with E-state index in [9.17, 15) is 18.0 Å². The Labute approximate surface area is 201 Å². The molecule has 0 bridgehead atoms. The molecule has 4 aliphatic rings. The largest absolute Gasteiger partial charge is 0.454 e. The molecule has 3 fully saturated rings. The smallest absolute Gasteiger partial charge is 0.420 e. The number of carbonyl (C=O) groups excluding carboxylic acids is 1. The zero-order valence-electron chi connectivity index (χ0n) is 19.3. The number of hydrogen-bond acceptors (Lipinski definition) is 6. The van der Waals surface area contributed by atoms with Crippen LogP contribution in [0.4, 0.5) is 13.2 Å². The Bertz CT molecular complexity index is 1120. The number of halogens is 3. The molecule has 2 aromatic heterocycles. The number of furan rings is 1. The average Bonchev–Trinajstić information content (AvgIpc) is 3.53. The van der Waals surface area contributed by atoms with Crippen LogP contribution in [0, 0.1) is 0 Å². The highest BCUT2D eigenvalue weighted by Crippen LogP contribution is 2.56. The lowest BCUT2D eigenvalue weighted by atomic mass is 9.59. The Morgan fingerprint density at radius 3 is 2.69 bits per heavy atom. The highest BCUT2D eigenvalue weighted by Gasteiger charge is 2.52. The average molecular weight is 498 g/mol. The number of carbonyl (C=O) groups is 1. The molecule has 0 unspecified atom stereocenters. The van der Waals surface area contributed by atoms with E-state index in [0.717, 1.165) is 37.7 Å². The predicted molar refractivity (Wildman–Crippen MR) is 118 cm³/mol. The van der Waals surface area contributed by atoms with Crippen LogP contribution in [0.2, 0.25) is 0 Å². The molecule has 35 heavy (non-hydrogen) atoms. The molecule has 1 spiro atoms. The van der Waals surface area contributed by atoms with Crippen LogP contribution in [-0.4, -0.2) is 60.9 Å². The summed E-state index contributed by atoms with van der Waals surface area (Å²) in [5, 5.41) is 7.17. The van der Waals surface area contributed by atoms with Crippen LogP contribution in [0.1, 0.15) is 61.0 Å². The van der Waals surface area contributed by atoms with Gasteiger partial charge in [0, 0.05) is 38.2 Å². The van der Waals surface area contributed by atoms with Crippen molar-refractivity contribution in [2.45, 2.75) is 68.9 Å². The molecule has 2 aromatic rings. The van der Waals surface area contributed by atoms with Gasteiger partial charge in [0.2, 0.25) is 5.76 Å². The van der Waals surface area contributed by atoms with Gasteiger partial charge < -0.3 is 23.9 Å². The fraction of sp³-hybridized carbons (Fsp3) is 0.667. The van der Waals surface area contributed by atoms with Crippen LogP contribution in [0.3, 0.4) is 0 Å². The molecular formula is C24H30F3N3O5. The predicted octanol–water partition coefficient (Wildman–Crippen LogP) is 3.71. The van der Waals surface area contributed by atoms with Gasteiger partial charge in [0.25, 0.3) is 5.91 Å². The van der Waals surface area contributed by atoms with E-state index in [4.69, 9.17) is 18.6 Å². The maximum absolute atomic E-state index is 14.4. The summed E-state index contributed by atoms with van der Waals surface area (Å²) in [5.74, 6) is -1.38. The molecule has 2 aliphatic heterocycles. The van der Waals surface area contributed by atoms with E-state index in [2.05, 4.69) is 10.4 Å². The van der Waals surface area contributed by atoms with Crippen molar-refractivity contribution in [2.24, 2.45) is 0 Å². The molecule has 1 N–H and O–H groups in total. The molecule has 2 atom stereocenters. The first-order valence-corrected chi connectivity index (χ1v) is 12.2. The summed E-state index contributed by atoms with van der Waals surface area (Å²) < 4.78 is 67.2. The number of aromatic nitrogens is 2. The zero-order chi connectivity index (χ0) is 24.2. The summed E-state index contributed by atoms with van der Waals surface area (Å²) in [5.41, 5.74) is -0.402. The molecule has 0 radical (unpaired) electrons. The highest BCUT2D eigenvalue weighted by atomic mass is 19.4. The van der Waals surface area contributed by atoms with Crippen LogP contribution in [0.15, 0.2) is 10.6 Å². The summed E-state index contributed by atoms with van der Waals surface area (Å²) in [7, 11) is 0. The minimum absolute atomic E-state index is 0. The standard InChI is InChI=1S/C24H28F3N3O5.H2/c25-24(26,27)19-18-17(35-21(19)22(31)28-10-14-3-1-6-33-14)9-23(4-2-5-23)16-12-30(29-20(16)18)11-15-13-32-7-8-34-15;/h12,14-15H,1-11,13H2,(H,28,31);1H/t14-,15-;/m0./s1. The lowest BCUT2D eigenvalue weighted by molar-refractivity contribution is -0.137. The van der Waals surface area contributed by atoms with Crippen LogP contribution >= 0.6 is 0 Å². The first kappa shape index (κ1) is 23.1. The molecule has 1 saturated carbocycles. The molecule has 6 rings (SSSR count). The number of fused-ring (bicyclic) bond motifs is 4. The number of alkyl halides is 3. The van der Waals surface area contributed by atoms with Gasteiger partial charge in [-0.3, -0.25) is 9.48 Å². The van der Waals surface area contributed by atoms with Gasteiger partial charge in [-0.15, -0.1) is 0 Å². The van der Waals surface area contributed by atoms with Crippen molar-refractivity contribution in [3.8, 4) is 11.3 Å². The number of nitrogens with zero attached hydrogens (tertiary/aromatic N) is 2. The molecule has 2 aliphatic carbocycles.